The van der Waals surface area contributed by atoms with Crippen molar-refractivity contribution in [2.75, 3.05) is 13.1 Å². The molecule has 1 aliphatic heterocycles. The Kier molecular flexibility index (Phi) is 3.31. The van der Waals surface area contributed by atoms with E-state index in [1.807, 2.05) is 12.1 Å². The molecule has 0 unspecified atom stereocenters. The van der Waals surface area contributed by atoms with Crippen LogP contribution in [0.5, 0.6) is 0 Å². The van der Waals surface area contributed by atoms with E-state index in [9.17, 15) is 4.79 Å². The number of rotatable bonds is 2. The summed E-state index contributed by atoms with van der Waals surface area (Å²) < 4.78 is 0. The molecule has 1 aromatic rings. The number of urea groups is 1. The SMILES string of the molecule is O=C(NCc1ccc(Cl)cc1)N1CC(O)C1. The minimum absolute atomic E-state index is 0.139. The molecule has 0 aromatic heterocycles. The number of carbonyl (C=O) groups excluding carboxylic acids is 1. The second-order valence-electron chi connectivity index (χ2n) is 3.84. The Balaban J connectivity index is 1.79. The van der Waals surface area contributed by atoms with Crippen molar-refractivity contribution in [3.05, 3.63) is 34.9 Å². The van der Waals surface area contributed by atoms with E-state index in [-0.39, 0.29) is 12.1 Å². The average Bonchev–Trinajstić information content (AvgIpc) is 2.24. The smallest absolute Gasteiger partial charge is 0.317 e. The Morgan fingerprint density at radius 3 is 2.62 bits per heavy atom. The van der Waals surface area contributed by atoms with Crippen molar-refractivity contribution >= 4 is 17.6 Å². The average molecular weight is 241 g/mol. The Hall–Kier alpha value is -1.26. The van der Waals surface area contributed by atoms with E-state index in [1.165, 1.54) is 0 Å². The zero-order valence-electron chi connectivity index (χ0n) is 8.69. The predicted octanol–water partition coefficient (Wildman–Crippen LogP) is 1.23. The highest BCUT2D eigenvalue weighted by molar-refractivity contribution is 6.30. The fourth-order valence-corrected chi connectivity index (χ4v) is 1.64. The van der Waals surface area contributed by atoms with Crippen LogP contribution in [0.1, 0.15) is 5.56 Å². The van der Waals surface area contributed by atoms with Crippen LogP contribution < -0.4 is 5.32 Å². The van der Waals surface area contributed by atoms with Crippen molar-refractivity contribution in [2.45, 2.75) is 12.6 Å². The van der Waals surface area contributed by atoms with Gasteiger partial charge in [-0.2, -0.15) is 0 Å². The van der Waals surface area contributed by atoms with Crippen LogP contribution in [0, 0.1) is 0 Å². The lowest BCUT2D eigenvalue weighted by Crippen LogP contribution is -2.56. The lowest BCUT2D eigenvalue weighted by molar-refractivity contribution is 0.0265. The van der Waals surface area contributed by atoms with E-state index < -0.39 is 0 Å². The second-order valence-corrected chi connectivity index (χ2v) is 4.28. The molecular weight excluding hydrogens is 228 g/mol. The summed E-state index contributed by atoms with van der Waals surface area (Å²) in [5, 5.41) is 12.5. The standard InChI is InChI=1S/C11H13ClN2O2/c12-9-3-1-8(2-4-9)5-13-11(16)14-6-10(15)7-14/h1-4,10,15H,5-7H2,(H,13,16). The van der Waals surface area contributed by atoms with Crippen LogP contribution >= 0.6 is 11.6 Å². The number of aliphatic hydroxyl groups is 1. The number of likely N-dealkylation sites (tertiary alicyclic amines) is 1. The third-order valence-electron chi connectivity index (χ3n) is 2.51. The van der Waals surface area contributed by atoms with Gasteiger partial charge in [0.15, 0.2) is 0 Å². The number of aliphatic hydroxyl groups excluding tert-OH is 1. The maximum atomic E-state index is 11.5. The van der Waals surface area contributed by atoms with E-state index in [4.69, 9.17) is 16.7 Å². The van der Waals surface area contributed by atoms with Gasteiger partial charge in [-0.3, -0.25) is 0 Å². The summed E-state index contributed by atoms with van der Waals surface area (Å²) in [6, 6.07) is 7.17. The van der Waals surface area contributed by atoms with Gasteiger partial charge in [0, 0.05) is 11.6 Å². The number of amides is 2. The molecule has 1 fully saturated rings. The van der Waals surface area contributed by atoms with Gasteiger partial charge in [-0.25, -0.2) is 4.79 Å². The van der Waals surface area contributed by atoms with Crippen LogP contribution in [-0.2, 0) is 6.54 Å². The first-order valence-electron chi connectivity index (χ1n) is 5.10. The Morgan fingerprint density at radius 1 is 1.44 bits per heavy atom. The van der Waals surface area contributed by atoms with Crippen LogP contribution in [0.3, 0.4) is 0 Å². The Morgan fingerprint density at radius 2 is 2.06 bits per heavy atom. The number of nitrogens with zero attached hydrogens (tertiary/aromatic N) is 1. The van der Waals surface area contributed by atoms with E-state index >= 15 is 0 Å². The molecule has 0 saturated carbocycles. The first kappa shape index (κ1) is 11.2. The van der Waals surface area contributed by atoms with Crippen LogP contribution in [0.15, 0.2) is 24.3 Å². The molecule has 16 heavy (non-hydrogen) atoms. The van der Waals surface area contributed by atoms with Gasteiger partial charge in [0.1, 0.15) is 0 Å². The maximum absolute atomic E-state index is 11.5. The molecule has 0 aliphatic carbocycles. The minimum atomic E-state index is -0.360. The van der Waals surface area contributed by atoms with Crippen LogP contribution in [0.25, 0.3) is 0 Å². The van der Waals surface area contributed by atoms with Gasteiger partial charge in [-0.1, -0.05) is 23.7 Å². The molecule has 1 aromatic carbocycles. The van der Waals surface area contributed by atoms with Gasteiger partial charge in [-0.05, 0) is 17.7 Å². The maximum Gasteiger partial charge on any atom is 0.317 e. The fourth-order valence-electron chi connectivity index (χ4n) is 1.51. The third-order valence-corrected chi connectivity index (χ3v) is 2.76. The summed E-state index contributed by atoms with van der Waals surface area (Å²) in [6.07, 6.45) is -0.360. The number of halogens is 1. The molecule has 2 N–H and O–H groups in total. The highest BCUT2D eigenvalue weighted by atomic mass is 35.5. The molecule has 86 valence electrons. The topological polar surface area (TPSA) is 52.6 Å². The van der Waals surface area contributed by atoms with Gasteiger partial charge in [0.25, 0.3) is 0 Å². The summed E-state index contributed by atoms with van der Waals surface area (Å²) in [4.78, 5) is 13.1. The summed E-state index contributed by atoms with van der Waals surface area (Å²) in [7, 11) is 0. The summed E-state index contributed by atoms with van der Waals surface area (Å²) >= 11 is 5.75. The molecule has 5 heteroatoms. The van der Waals surface area contributed by atoms with Gasteiger partial charge < -0.3 is 15.3 Å². The van der Waals surface area contributed by atoms with Gasteiger partial charge in [0.2, 0.25) is 0 Å². The van der Waals surface area contributed by atoms with Gasteiger partial charge >= 0.3 is 6.03 Å². The van der Waals surface area contributed by atoms with Crippen molar-refractivity contribution in [1.29, 1.82) is 0 Å². The van der Waals surface area contributed by atoms with Crippen molar-refractivity contribution in [3.8, 4) is 0 Å². The summed E-state index contributed by atoms with van der Waals surface area (Å²) in [6.45, 7) is 1.32. The molecule has 0 atom stereocenters. The molecule has 1 heterocycles. The first-order chi connectivity index (χ1) is 7.65. The summed E-state index contributed by atoms with van der Waals surface area (Å²) in [5.74, 6) is 0. The molecule has 0 spiro atoms. The number of carbonyl (C=O) groups is 1. The lowest BCUT2D eigenvalue weighted by Gasteiger charge is -2.35. The zero-order chi connectivity index (χ0) is 11.5. The number of hydrogen-bond donors (Lipinski definition) is 2. The van der Waals surface area contributed by atoms with E-state index in [2.05, 4.69) is 5.32 Å². The Bertz CT molecular complexity index is 374. The third kappa shape index (κ3) is 2.65. The first-order valence-corrected chi connectivity index (χ1v) is 5.48. The number of hydrogen-bond acceptors (Lipinski definition) is 2. The fraction of sp³-hybridized carbons (Fsp3) is 0.364. The lowest BCUT2D eigenvalue weighted by atomic mass is 10.2. The van der Waals surface area contributed by atoms with Crippen LogP contribution in [0.4, 0.5) is 4.79 Å². The number of β-amino-alcohol motifs (C(OH)–C–C–N with tert-alkyl or cyclic N) is 1. The second kappa shape index (κ2) is 4.72. The molecule has 2 amide bonds. The van der Waals surface area contributed by atoms with Crippen molar-refractivity contribution in [1.82, 2.24) is 10.2 Å². The minimum Gasteiger partial charge on any atom is -0.389 e. The summed E-state index contributed by atoms with van der Waals surface area (Å²) in [5.41, 5.74) is 0.999. The highest BCUT2D eigenvalue weighted by Gasteiger charge is 2.28. The number of nitrogens with one attached hydrogen (secondary N) is 1. The molecule has 2 rings (SSSR count). The van der Waals surface area contributed by atoms with Crippen molar-refractivity contribution < 1.29 is 9.90 Å². The van der Waals surface area contributed by atoms with E-state index in [0.29, 0.717) is 24.7 Å². The molecule has 0 radical (unpaired) electrons. The van der Waals surface area contributed by atoms with Gasteiger partial charge in [0.05, 0.1) is 19.2 Å². The van der Waals surface area contributed by atoms with Gasteiger partial charge in [-0.15, -0.1) is 0 Å². The van der Waals surface area contributed by atoms with E-state index in [0.717, 1.165) is 5.56 Å². The molecular formula is C11H13ClN2O2. The quantitative estimate of drug-likeness (QED) is 0.817. The van der Waals surface area contributed by atoms with Crippen molar-refractivity contribution in [2.24, 2.45) is 0 Å². The largest absolute Gasteiger partial charge is 0.389 e. The molecule has 0 bridgehead atoms. The molecule has 4 nitrogen and oxygen atoms in total. The molecule has 1 saturated heterocycles. The molecule has 1 aliphatic rings. The highest BCUT2D eigenvalue weighted by Crippen LogP contribution is 2.10. The number of benzene rings is 1. The monoisotopic (exact) mass is 240 g/mol. The van der Waals surface area contributed by atoms with Crippen LogP contribution in [-0.4, -0.2) is 35.2 Å². The predicted molar refractivity (Wildman–Crippen MR) is 61.3 cm³/mol. The zero-order valence-corrected chi connectivity index (χ0v) is 9.44. The van der Waals surface area contributed by atoms with Crippen molar-refractivity contribution in [3.63, 3.8) is 0 Å². The normalized spacial score (nSPS) is 15.8. The Labute approximate surface area is 98.8 Å². The van der Waals surface area contributed by atoms with Crippen LogP contribution in [0.2, 0.25) is 5.02 Å². The van der Waals surface area contributed by atoms with E-state index in [1.54, 1.807) is 17.0 Å².